The molecule has 3 rings (SSSR count). The molecule has 0 radical (unpaired) electrons. The van der Waals surface area contributed by atoms with E-state index >= 15 is 0 Å². The molecule has 5 nitrogen and oxygen atoms in total. The zero-order valence-corrected chi connectivity index (χ0v) is 14.7. The summed E-state index contributed by atoms with van der Waals surface area (Å²) in [5.41, 5.74) is 1.19. The fourth-order valence-electron chi connectivity index (χ4n) is 3.06. The first-order valence-electron chi connectivity index (χ1n) is 7.76. The minimum atomic E-state index is 0. The third-order valence-corrected chi connectivity index (χ3v) is 4.20. The molecular formula is C16H25Cl2N3O2. The molecule has 0 spiro atoms. The molecule has 1 saturated heterocycles. The van der Waals surface area contributed by atoms with Gasteiger partial charge < -0.3 is 20.7 Å². The maximum Gasteiger partial charge on any atom is 0.225 e. The Hall–Kier alpha value is -1.01. The van der Waals surface area contributed by atoms with Gasteiger partial charge in [-0.25, -0.2) is 0 Å². The van der Waals surface area contributed by atoms with E-state index < -0.39 is 0 Å². The molecule has 23 heavy (non-hydrogen) atoms. The van der Waals surface area contributed by atoms with Crippen molar-refractivity contribution in [1.29, 1.82) is 0 Å². The molecule has 1 amide bonds. The number of benzene rings is 1. The summed E-state index contributed by atoms with van der Waals surface area (Å²) < 4.78 is 5.81. The van der Waals surface area contributed by atoms with Gasteiger partial charge in [0.1, 0.15) is 5.75 Å². The number of ether oxygens (including phenoxy) is 1. The topological polar surface area (TPSA) is 62.4 Å². The maximum absolute atomic E-state index is 12.4. The smallest absolute Gasteiger partial charge is 0.225 e. The number of fused-ring (bicyclic) bond motifs is 4. The molecule has 2 heterocycles. The van der Waals surface area contributed by atoms with Crippen molar-refractivity contribution < 1.29 is 9.53 Å². The average molecular weight is 362 g/mol. The Labute approximate surface area is 149 Å². The van der Waals surface area contributed by atoms with Gasteiger partial charge in [-0.3, -0.25) is 4.79 Å². The van der Waals surface area contributed by atoms with E-state index in [9.17, 15) is 4.79 Å². The van der Waals surface area contributed by atoms with Crippen LogP contribution in [-0.2, 0) is 4.79 Å². The van der Waals surface area contributed by atoms with Gasteiger partial charge in [-0.05, 0) is 30.7 Å². The van der Waals surface area contributed by atoms with E-state index in [-0.39, 0.29) is 42.6 Å². The number of nitrogens with one attached hydrogen (secondary N) is 3. The predicted molar refractivity (Wildman–Crippen MR) is 96.0 cm³/mol. The van der Waals surface area contributed by atoms with E-state index in [1.807, 2.05) is 12.1 Å². The number of carbonyl (C=O) groups is 1. The number of rotatable bonds is 0. The second-order valence-corrected chi connectivity index (χ2v) is 5.69. The maximum atomic E-state index is 12.4. The normalized spacial score (nSPS) is 24.8. The van der Waals surface area contributed by atoms with Crippen molar-refractivity contribution >= 4 is 30.7 Å². The molecule has 0 unspecified atom stereocenters. The first-order chi connectivity index (χ1) is 10.3. The molecule has 1 fully saturated rings. The van der Waals surface area contributed by atoms with Gasteiger partial charge in [-0.2, -0.15) is 0 Å². The van der Waals surface area contributed by atoms with Crippen LogP contribution in [0.15, 0.2) is 24.3 Å². The van der Waals surface area contributed by atoms with Gasteiger partial charge in [0.15, 0.2) is 0 Å². The first-order valence-corrected chi connectivity index (χ1v) is 7.76. The van der Waals surface area contributed by atoms with E-state index in [4.69, 9.17) is 4.74 Å². The van der Waals surface area contributed by atoms with E-state index in [0.29, 0.717) is 6.54 Å². The minimum Gasteiger partial charge on any atom is -0.494 e. The van der Waals surface area contributed by atoms with E-state index in [1.54, 1.807) is 0 Å². The van der Waals surface area contributed by atoms with Gasteiger partial charge in [-0.15, -0.1) is 24.8 Å². The van der Waals surface area contributed by atoms with Crippen LogP contribution in [0.25, 0.3) is 0 Å². The van der Waals surface area contributed by atoms with Crippen molar-refractivity contribution in [2.45, 2.75) is 12.3 Å². The number of amides is 1. The third-order valence-electron chi connectivity index (χ3n) is 4.20. The van der Waals surface area contributed by atoms with Gasteiger partial charge in [0.25, 0.3) is 0 Å². The molecule has 1 aromatic rings. The summed E-state index contributed by atoms with van der Waals surface area (Å²) in [4.78, 5) is 12.4. The summed E-state index contributed by atoms with van der Waals surface area (Å²) >= 11 is 0. The van der Waals surface area contributed by atoms with Crippen LogP contribution in [-0.4, -0.2) is 45.2 Å². The van der Waals surface area contributed by atoms with Crippen LogP contribution < -0.4 is 20.7 Å². The summed E-state index contributed by atoms with van der Waals surface area (Å²) in [5, 5.41) is 9.70. The summed E-state index contributed by atoms with van der Waals surface area (Å²) in [7, 11) is 0. The highest BCUT2D eigenvalue weighted by atomic mass is 35.5. The molecule has 3 N–H and O–H groups in total. The van der Waals surface area contributed by atoms with Crippen LogP contribution in [0.4, 0.5) is 0 Å². The lowest BCUT2D eigenvalue weighted by molar-refractivity contribution is -0.124. The van der Waals surface area contributed by atoms with E-state index in [2.05, 4.69) is 28.1 Å². The highest BCUT2D eigenvalue weighted by Crippen LogP contribution is 2.30. The molecule has 0 saturated carbocycles. The lowest BCUT2D eigenvalue weighted by Crippen LogP contribution is -2.38. The van der Waals surface area contributed by atoms with Crippen LogP contribution in [0.3, 0.4) is 0 Å². The average Bonchev–Trinajstić information content (AvgIpc) is 2.99. The lowest BCUT2D eigenvalue weighted by Gasteiger charge is -2.20. The Bertz CT molecular complexity index is 502. The minimum absolute atomic E-state index is 0. The highest BCUT2D eigenvalue weighted by Gasteiger charge is 2.33. The Morgan fingerprint density at radius 1 is 1.00 bits per heavy atom. The van der Waals surface area contributed by atoms with E-state index in [1.165, 1.54) is 5.56 Å². The molecule has 2 bridgehead atoms. The van der Waals surface area contributed by atoms with Crippen LogP contribution in [0, 0.1) is 5.92 Å². The molecular weight excluding hydrogens is 337 g/mol. The van der Waals surface area contributed by atoms with Crippen molar-refractivity contribution in [2.75, 3.05) is 39.3 Å². The molecule has 2 atom stereocenters. The number of hydrogen-bond acceptors (Lipinski definition) is 4. The number of carbonyl (C=O) groups excluding carboxylic acids is 1. The number of halogens is 2. The summed E-state index contributed by atoms with van der Waals surface area (Å²) in [6.07, 6.45) is 0.964. The largest absolute Gasteiger partial charge is 0.494 e. The number of hydrogen-bond donors (Lipinski definition) is 3. The van der Waals surface area contributed by atoms with Crippen LogP contribution in [0.1, 0.15) is 17.9 Å². The quantitative estimate of drug-likeness (QED) is 0.652. The first kappa shape index (κ1) is 20.0. The molecule has 2 aliphatic heterocycles. The monoisotopic (exact) mass is 361 g/mol. The van der Waals surface area contributed by atoms with Crippen molar-refractivity contribution in [3.63, 3.8) is 0 Å². The van der Waals surface area contributed by atoms with Crippen molar-refractivity contribution in [3.8, 4) is 5.75 Å². The second kappa shape index (κ2) is 9.98. The summed E-state index contributed by atoms with van der Waals surface area (Å²) in [5.74, 6) is 1.28. The molecule has 130 valence electrons. The summed E-state index contributed by atoms with van der Waals surface area (Å²) in [6, 6.07) is 8.18. The zero-order valence-electron chi connectivity index (χ0n) is 13.0. The van der Waals surface area contributed by atoms with Gasteiger partial charge in [0.05, 0.1) is 12.5 Å². The van der Waals surface area contributed by atoms with Crippen molar-refractivity contribution in [2.24, 2.45) is 5.92 Å². The van der Waals surface area contributed by atoms with Crippen LogP contribution in [0.2, 0.25) is 0 Å². The molecule has 2 aliphatic rings. The SMILES string of the molecule is Cl.Cl.O=C1NCCNCCCOc2cccc(c2)[C@H]2CNC[C@H]12. The zero-order chi connectivity index (χ0) is 14.5. The van der Waals surface area contributed by atoms with Crippen molar-refractivity contribution in [3.05, 3.63) is 29.8 Å². The Kier molecular flexibility index (Phi) is 8.69. The third kappa shape index (κ3) is 5.24. The second-order valence-electron chi connectivity index (χ2n) is 5.69. The standard InChI is InChI=1S/C16H23N3O2.2ClH/c20-16-15-11-18-10-14(15)12-3-1-4-13(9-12)21-8-2-5-17-6-7-19-16;;/h1,3-4,9,14-15,17-18H,2,5-8,10-11H2,(H,19,20);2*1H/t14-,15+;;/m1../s1. The fourth-order valence-corrected chi connectivity index (χ4v) is 3.06. The molecule has 0 aromatic heterocycles. The van der Waals surface area contributed by atoms with Crippen molar-refractivity contribution in [1.82, 2.24) is 16.0 Å². The van der Waals surface area contributed by atoms with Gasteiger partial charge in [0.2, 0.25) is 5.91 Å². The molecule has 1 aromatic carbocycles. The van der Waals surface area contributed by atoms with E-state index in [0.717, 1.165) is 45.0 Å². The lowest BCUT2D eigenvalue weighted by atomic mass is 9.88. The van der Waals surface area contributed by atoms with Crippen LogP contribution >= 0.6 is 24.8 Å². The van der Waals surface area contributed by atoms with Crippen LogP contribution in [0.5, 0.6) is 5.75 Å². The predicted octanol–water partition coefficient (Wildman–Crippen LogP) is 1.32. The highest BCUT2D eigenvalue weighted by molar-refractivity contribution is 5.85. The molecule has 0 aliphatic carbocycles. The summed E-state index contributed by atoms with van der Waals surface area (Å²) in [6.45, 7) is 4.71. The Balaban J connectivity index is 0.00000132. The fraction of sp³-hybridized carbons (Fsp3) is 0.562. The molecule has 7 heteroatoms. The van der Waals surface area contributed by atoms with Gasteiger partial charge in [0, 0.05) is 32.1 Å². The van der Waals surface area contributed by atoms with Gasteiger partial charge in [-0.1, -0.05) is 12.1 Å². The van der Waals surface area contributed by atoms with Gasteiger partial charge >= 0.3 is 0 Å². The Morgan fingerprint density at radius 2 is 1.83 bits per heavy atom. The Morgan fingerprint density at radius 3 is 2.70 bits per heavy atom.